The van der Waals surface area contributed by atoms with Gasteiger partial charge in [-0.25, -0.2) is 0 Å². The second-order valence-electron chi connectivity index (χ2n) is 7.07. The second-order valence-corrected chi connectivity index (χ2v) is 7.07. The fraction of sp³-hybridized carbons (Fsp3) is 0.941. The van der Waals surface area contributed by atoms with Crippen molar-refractivity contribution in [1.82, 2.24) is 10.6 Å². The lowest BCUT2D eigenvalue weighted by atomic mass is 9.75. The van der Waals surface area contributed by atoms with Crippen LogP contribution in [0.25, 0.3) is 0 Å². The first-order chi connectivity index (χ1) is 9.66. The molecule has 0 bridgehead atoms. The molecule has 2 aliphatic rings. The summed E-state index contributed by atoms with van der Waals surface area (Å²) in [6.45, 7) is 7.38. The van der Waals surface area contributed by atoms with Crippen LogP contribution in [-0.2, 0) is 4.79 Å². The number of carbonyl (C=O) groups excluding carboxylic acids is 1. The lowest BCUT2D eigenvalue weighted by molar-refractivity contribution is -0.132. The highest BCUT2D eigenvalue weighted by atomic mass is 16.2. The van der Waals surface area contributed by atoms with Gasteiger partial charge >= 0.3 is 0 Å². The van der Waals surface area contributed by atoms with Crippen LogP contribution in [0.3, 0.4) is 0 Å². The molecule has 1 amide bonds. The summed E-state index contributed by atoms with van der Waals surface area (Å²) < 4.78 is 0. The van der Waals surface area contributed by atoms with Crippen molar-refractivity contribution < 1.29 is 4.79 Å². The first-order valence-corrected chi connectivity index (χ1v) is 8.65. The summed E-state index contributed by atoms with van der Waals surface area (Å²) in [7, 11) is 0. The summed E-state index contributed by atoms with van der Waals surface area (Å²) >= 11 is 0. The Kier molecular flexibility index (Phi) is 5.88. The normalized spacial score (nSPS) is 29.9. The van der Waals surface area contributed by atoms with Crippen LogP contribution < -0.4 is 10.6 Å². The molecule has 116 valence electrons. The van der Waals surface area contributed by atoms with E-state index in [9.17, 15) is 4.79 Å². The second kappa shape index (κ2) is 7.44. The quantitative estimate of drug-likeness (QED) is 0.812. The van der Waals surface area contributed by atoms with Crippen molar-refractivity contribution in [2.45, 2.75) is 65.2 Å². The summed E-state index contributed by atoms with van der Waals surface area (Å²) in [5, 5.41) is 6.60. The molecule has 3 heteroatoms. The summed E-state index contributed by atoms with van der Waals surface area (Å²) in [6.07, 6.45) is 9.64. The first-order valence-electron chi connectivity index (χ1n) is 8.65. The zero-order valence-corrected chi connectivity index (χ0v) is 13.3. The first kappa shape index (κ1) is 15.8. The van der Waals surface area contributed by atoms with Crippen LogP contribution in [-0.4, -0.2) is 25.5 Å². The average molecular weight is 280 g/mol. The molecule has 1 saturated heterocycles. The monoisotopic (exact) mass is 280 g/mol. The lowest BCUT2D eigenvalue weighted by Gasteiger charge is -2.35. The number of hydrogen-bond donors (Lipinski definition) is 2. The largest absolute Gasteiger partial charge is 0.356 e. The minimum absolute atomic E-state index is 0.0922. The summed E-state index contributed by atoms with van der Waals surface area (Å²) in [4.78, 5) is 12.5. The predicted molar refractivity (Wildman–Crippen MR) is 83.6 cm³/mol. The van der Waals surface area contributed by atoms with E-state index in [0.29, 0.717) is 5.91 Å². The summed E-state index contributed by atoms with van der Waals surface area (Å²) in [5.41, 5.74) is -0.0922. The van der Waals surface area contributed by atoms with Crippen molar-refractivity contribution in [1.29, 1.82) is 0 Å². The maximum atomic E-state index is 12.5. The van der Waals surface area contributed by atoms with Gasteiger partial charge in [0.1, 0.15) is 0 Å². The predicted octanol–water partition coefficient (Wildman–Crippen LogP) is 3.10. The van der Waals surface area contributed by atoms with Crippen LogP contribution in [0.15, 0.2) is 0 Å². The Hall–Kier alpha value is -0.570. The van der Waals surface area contributed by atoms with E-state index >= 15 is 0 Å². The average Bonchev–Trinajstić information content (AvgIpc) is 2.48. The Bertz CT molecular complexity index is 310. The molecule has 2 fully saturated rings. The van der Waals surface area contributed by atoms with Crippen molar-refractivity contribution in [3.63, 3.8) is 0 Å². The Balaban J connectivity index is 1.73. The number of rotatable bonds is 5. The van der Waals surface area contributed by atoms with E-state index in [1.165, 1.54) is 32.1 Å². The third-order valence-electron chi connectivity index (χ3n) is 5.60. The van der Waals surface area contributed by atoms with E-state index in [4.69, 9.17) is 0 Å². The molecule has 0 radical (unpaired) electrons. The Morgan fingerprint density at radius 3 is 2.70 bits per heavy atom. The van der Waals surface area contributed by atoms with Crippen LogP contribution in [0.1, 0.15) is 65.2 Å². The van der Waals surface area contributed by atoms with Crippen molar-refractivity contribution in [3.05, 3.63) is 0 Å². The zero-order chi connectivity index (χ0) is 14.4. The summed E-state index contributed by atoms with van der Waals surface area (Å²) in [5.74, 6) is 2.03. The molecule has 1 aliphatic heterocycles. The molecule has 2 unspecified atom stereocenters. The highest BCUT2D eigenvalue weighted by Crippen LogP contribution is 2.33. The molecule has 1 aliphatic carbocycles. The molecular formula is C17H32N2O. The van der Waals surface area contributed by atoms with Crippen molar-refractivity contribution in [2.24, 2.45) is 17.3 Å². The number of carbonyl (C=O) groups is 1. The molecular weight excluding hydrogens is 248 g/mol. The molecule has 0 aromatic carbocycles. The van der Waals surface area contributed by atoms with Crippen molar-refractivity contribution >= 4 is 5.91 Å². The van der Waals surface area contributed by atoms with Crippen LogP contribution in [0.4, 0.5) is 0 Å². The number of nitrogens with one attached hydrogen (secondary N) is 2. The number of amides is 1. The highest BCUT2D eigenvalue weighted by Gasteiger charge is 2.37. The van der Waals surface area contributed by atoms with Crippen molar-refractivity contribution in [3.8, 4) is 0 Å². The maximum Gasteiger partial charge on any atom is 0.226 e. The van der Waals surface area contributed by atoms with Gasteiger partial charge in [0.05, 0.1) is 5.41 Å². The van der Waals surface area contributed by atoms with E-state index in [-0.39, 0.29) is 5.41 Å². The topological polar surface area (TPSA) is 41.1 Å². The van der Waals surface area contributed by atoms with Gasteiger partial charge in [0, 0.05) is 6.54 Å². The molecule has 1 saturated carbocycles. The fourth-order valence-corrected chi connectivity index (χ4v) is 4.05. The number of hydrogen-bond acceptors (Lipinski definition) is 2. The van der Waals surface area contributed by atoms with E-state index < -0.39 is 0 Å². The van der Waals surface area contributed by atoms with Gasteiger partial charge in [-0.1, -0.05) is 33.1 Å². The van der Waals surface area contributed by atoms with Crippen LogP contribution in [0, 0.1) is 17.3 Å². The van der Waals surface area contributed by atoms with Gasteiger partial charge in [-0.2, -0.15) is 0 Å². The molecule has 0 aromatic rings. The smallest absolute Gasteiger partial charge is 0.226 e. The Morgan fingerprint density at radius 1 is 1.30 bits per heavy atom. The van der Waals surface area contributed by atoms with Gasteiger partial charge in [0.25, 0.3) is 0 Å². The van der Waals surface area contributed by atoms with Gasteiger partial charge in [-0.3, -0.25) is 4.79 Å². The molecule has 3 nitrogen and oxygen atoms in total. The van der Waals surface area contributed by atoms with Gasteiger partial charge in [-0.05, 0) is 57.0 Å². The minimum Gasteiger partial charge on any atom is -0.356 e. The van der Waals surface area contributed by atoms with E-state index in [2.05, 4.69) is 24.5 Å². The van der Waals surface area contributed by atoms with E-state index in [0.717, 1.165) is 50.7 Å². The van der Waals surface area contributed by atoms with Gasteiger partial charge < -0.3 is 10.6 Å². The fourth-order valence-electron chi connectivity index (χ4n) is 4.05. The molecule has 20 heavy (non-hydrogen) atoms. The zero-order valence-electron chi connectivity index (χ0n) is 13.3. The minimum atomic E-state index is -0.0922. The molecule has 0 spiro atoms. The summed E-state index contributed by atoms with van der Waals surface area (Å²) in [6, 6.07) is 0. The Labute approximate surface area is 124 Å². The van der Waals surface area contributed by atoms with Gasteiger partial charge in [0.2, 0.25) is 5.91 Å². The molecule has 2 N–H and O–H groups in total. The SMILES string of the molecule is CCC1(C(=O)NCCC2CCCC(C)C2)CCNCC1. The standard InChI is InChI=1S/C17H32N2O/c1-3-17(8-11-18-12-9-17)16(20)19-10-7-15-6-4-5-14(2)13-15/h14-15,18H,3-13H2,1-2H3,(H,19,20). The van der Waals surface area contributed by atoms with Gasteiger partial charge in [0.15, 0.2) is 0 Å². The lowest BCUT2D eigenvalue weighted by Crippen LogP contribution is -2.47. The molecule has 1 heterocycles. The van der Waals surface area contributed by atoms with Crippen LogP contribution >= 0.6 is 0 Å². The van der Waals surface area contributed by atoms with Crippen LogP contribution in [0.5, 0.6) is 0 Å². The van der Waals surface area contributed by atoms with E-state index in [1.54, 1.807) is 0 Å². The van der Waals surface area contributed by atoms with Crippen molar-refractivity contribution in [2.75, 3.05) is 19.6 Å². The molecule has 0 aromatic heterocycles. The Morgan fingerprint density at radius 2 is 2.05 bits per heavy atom. The molecule has 2 atom stereocenters. The third kappa shape index (κ3) is 3.97. The number of piperidine rings is 1. The maximum absolute atomic E-state index is 12.5. The van der Waals surface area contributed by atoms with E-state index in [1.807, 2.05) is 0 Å². The van der Waals surface area contributed by atoms with Gasteiger partial charge in [-0.15, -0.1) is 0 Å². The molecule has 2 rings (SSSR count). The van der Waals surface area contributed by atoms with Crippen LogP contribution in [0.2, 0.25) is 0 Å². The highest BCUT2D eigenvalue weighted by molar-refractivity contribution is 5.82. The third-order valence-corrected chi connectivity index (χ3v) is 5.60.